The average molecular weight is 270 g/mol. The maximum absolute atomic E-state index is 14.0. The van der Waals surface area contributed by atoms with Gasteiger partial charge in [0.25, 0.3) is 0 Å². The minimum atomic E-state index is -0.798. The molecule has 108 valence electrons. The Morgan fingerprint density at radius 2 is 1.79 bits per heavy atom. The lowest BCUT2D eigenvalue weighted by molar-refractivity contribution is 0.0926. The van der Waals surface area contributed by atoms with Crippen molar-refractivity contribution in [3.8, 4) is 0 Å². The summed E-state index contributed by atoms with van der Waals surface area (Å²) in [5.41, 5.74) is 0.0618. The number of likely N-dealkylation sites (N-methyl/N-ethyl adjacent to an activating group) is 2. The molecule has 0 amide bonds. The van der Waals surface area contributed by atoms with Gasteiger partial charge in [0, 0.05) is 11.1 Å². The van der Waals surface area contributed by atoms with Gasteiger partial charge < -0.3 is 5.32 Å². The molecule has 0 radical (unpaired) electrons. The SMILES string of the molecule is CCN(CC)C(C)(C)C(NC)c1cccc(F)c1F. The summed E-state index contributed by atoms with van der Waals surface area (Å²) in [4.78, 5) is 2.23. The number of nitrogens with one attached hydrogen (secondary N) is 1. The Bertz CT molecular complexity index is 415. The highest BCUT2D eigenvalue weighted by Gasteiger charge is 2.35. The van der Waals surface area contributed by atoms with E-state index < -0.39 is 11.6 Å². The maximum Gasteiger partial charge on any atom is 0.163 e. The molecular formula is C15H24F2N2. The summed E-state index contributed by atoms with van der Waals surface area (Å²) in [6.07, 6.45) is 0. The highest BCUT2D eigenvalue weighted by atomic mass is 19.2. The number of benzene rings is 1. The van der Waals surface area contributed by atoms with Gasteiger partial charge in [-0.1, -0.05) is 26.0 Å². The van der Waals surface area contributed by atoms with Gasteiger partial charge in [-0.25, -0.2) is 8.78 Å². The van der Waals surface area contributed by atoms with Crippen molar-refractivity contribution < 1.29 is 8.78 Å². The Kier molecular flexibility index (Phi) is 5.44. The largest absolute Gasteiger partial charge is 0.311 e. The van der Waals surface area contributed by atoms with Gasteiger partial charge in [-0.2, -0.15) is 0 Å². The monoisotopic (exact) mass is 270 g/mol. The number of rotatable bonds is 6. The molecule has 0 aliphatic carbocycles. The Balaban J connectivity index is 3.22. The van der Waals surface area contributed by atoms with Gasteiger partial charge in [0.2, 0.25) is 0 Å². The molecule has 4 heteroatoms. The van der Waals surface area contributed by atoms with Gasteiger partial charge >= 0.3 is 0 Å². The molecule has 1 aromatic carbocycles. The molecule has 1 N–H and O–H groups in total. The first-order valence-corrected chi connectivity index (χ1v) is 6.76. The van der Waals surface area contributed by atoms with Crippen LogP contribution in [0, 0.1) is 11.6 Å². The zero-order valence-electron chi connectivity index (χ0n) is 12.4. The van der Waals surface area contributed by atoms with E-state index in [1.807, 2.05) is 13.8 Å². The standard InChI is InChI=1S/C15H24F2N2/c1-6-19(7-2)15(3,4)14(18-5)11-9-8-10-12(16)13(11)17/h8-10,14,18H,6-7H2,1-5H3. The predicted octanol–water partition coefficient (Wildman–Crippen LogP) is 3.35. The van der Waals surface area contributed by atoms with Gasteiger partial charge in [0.15, 0.2) is 11.6 Å². The van der Waals surface area contributed by atoms with Crippen LogP contribution in [0.4, 0.5) is 8.78 Å². The molecule has 1 aromatic rings. The summed E-state index contributed by atoms with van der Waals surface area (Å²) in [6.45, 7) is 9.95. The van der Waals surface area contributed by atoms with Crippen LogP contribution in [-0.2, 0) is 0 Å². The minimum Gasteiger partial charge on any atom is -0.311 e. The molecule has 0 fully saturated rings. The van der Waals surface area contributed by atoms with E-state index in [2.05, 4.69) is 24.1 Å². The van der Waals surface area contributed by atoms with Crippen LogP contribution >= 0.6 is 0 Å². The van der Waals surface area contributed by atoms with Gasteiger partial charge in [-0.3, -0.25) is 4.90 Å². The lowest BCUT2D eigenvalue weighted by Crippen LogP contribution is -2.52. The second kappa shape index (κ2) is 6.44. The molecular weight excluding hydrogens is 246 g/mol. The Hall–Kier alpha value is -1.00. The number of hydrogen-bond donors (Lipinski definition) is 1. The first-order chi connectivity index (χ1) is 8.89. The summed E-state index contributed by atoms with van der Waals surface area (Å²) in [5.74, 6) is -1.56. The van der Waals surface area contributed by atoms with Crippen LogP contribution in [-0.4, -0.2) is 30.6 Å². The zero-order chi connectivity index (χ0) is 14.6. The Labute approximate surface area is 114 Å². The third-order valence-corrected chi connectivity index (χ3v) is 3.87. The van der Waals surface area contributed by atoms with Crippen molar-refractivity contribution in [2.24, 2.45) is 0 Å². The Morgan fingerprint density at radius 1 is 1.21 bits per heavy atom. The van der Waals surface area contributed by atoms with Crippen LogP contribution in [0.3, 0.4) is 0 Å². The molecule has 0 saturated carbocycles. The fourth-order valence-electron chi connectivity index (χ4n) is 2.85. The third-order valence-electron chi connectivity index (χ3n) is 3.87. The summed E-state index contributed by atoms with van der Waals surface area (Å²) in [6, 6.07) is 4.07. The topological polar surface area (TPSA) is 15.3 Å². The molecule has 0 aliphatic heterocycles. The molecule has 0 bridgehead atoms. The maximum atomic E-state index is 14.0. The second-order valence-corrected chi connectivity index (χ2v) is 5.19. The van der Waals surface area contributed by atoms with Crippen LogP contribution in [0.2, 0.25) is 0 Å². The van der Waals surface area contributed by atoms with E-state index in [9.17, 15) is 8.78 Å². The fraction of sp³-hybridized carbons (Fsp3) is 0.600. The van der Waals surface area contributed by atoms with Crippen LogP contribution in [0.5, 0.6) is 0 Å². The molecule has 1 atom stereocenters. The van der Waals surface area contributed by atoms with E-state index in [0.717, 1.165) is 19.2 Å². The highest BCUT2D eigenvalue weighted by molar-refractivity contribution is 5.25. The molecule has 19 heavy (non-hydrogen) atoms. The third kappa shape index (κ3) is 3.12. The fourth-order valence-corrected chi connectivity index (χ4v) is 2.85. The quantitative estimate of drug-likeness (QED) is 0.853. The lowest BCUT2D eigenvalue weighted by Gasteiger charge is -2.43. The van der Waals surface area contributed by atoms with Crippen LogP contribution in [0.15, 0.2) is 18.2 Å². The molecule has 0 heterocycles. The van der Waals surface area contributed by atoms with E-state index in [4.69, 9.17) is 0 Å². The van der Waals surface area contributed by atoms with Gasteiger partial charge in [0.05, 0.1) is 6.04 Å². The average Bonchev–Trinajstić information content (AvgIpc) is 2.36. The second-order valence-electron chi connectivity index (χ2n) is 5.19. The molecule has 0 spiro atoms. The minimum absolute atomic E-state index is 0.275. The van der Waals surface area contributed by atoms with E-state index in [0.29, 0.717) is 5.56 Å². The summed E-state index contributed by atoms with van der Waals surface area (Å²) in [7, 11) is 1.78. The van der Waals surface area contributed by atoms with Crippen LogP contribution in [0.25, 0.3) is 0 Å². The number of nitrogens with zero attached hydrogens (tertiary/aromatic N) is 1. The molecule has 0 aromatic heterocycles. The molecule has 1 unspecified atom stereocenters. The zero-order valence-corrected chi connectivity index (χ0v) is 12.4. The van der Waals surface area contributed by atoms with E-state index in [-0.39, 0.29) is 11.6 Å². The summed E-state index contributed by atoms with van der Waals surface area (Å²) < 4.78 is 27.4. The number of halogens is 2. The van der Waals surface area contributed by atoms with Crippen molar-refractivity contribution >= 4 is 0 Å². The smallest absolute Gasteiger partial charge is 0.163 e. The van der Waals surface area contributed by atoms with Crippen molar-refractivity contribution in [3.63, 3.8) is 0 Å². The predicted molar refractivity (Wildman–Crippen MR) is 75.2 cm³/mol. The van der Waals surface area contributed by atoms with Crippen molar-refractivity contribution in [1.82, 2.24) is 10.2 Å². The van der Waals surface area contributed by atoms with Crippen LogP contribution < -0.4 is 5.32 Å². The Morgan fingerprint density at radius 3 is 2.26 bits per heavy atom. The van der Waals surface area contributed by atoms with E-state index in [1.54, 1.807) is 19.2 Å². The van der Waals surface area contributed by atoms with Gasteiger partial charge in [-0.15, -0.1) is 0 Å². The first-order valence-electron chi connectivity index (χ1n) is 6.76. The van der Waals surface area contributed by atoms with Crippen molar-refractivity contribution in [2.45, 2.75) is 39.3 Å². The van der Waals surface area contributed by atoms with Gasteiger partial charge in [0.1, 0.15) is 0 Å². The van der Waals surface area contributed by atoms with Crippen molar-refractivity contribution in [2.75, 3.05) is 20.1 Å². The van der Waals surface area contributed by atoms with Gasteiger partial charge in [-0.05, 0) is 40.1 Å². The summed E-state index contributed by atoms with van der Waals surface area (Å²) >= 11 is 0. The lowest BCUT2D eigenvalue weighted by atomic mass is 9.86. The van der Waals surface area contributed by atoms with Crippen molar-refractivity contribution in [1.29, 1.82) is 0 Å². The molecule has 0 aliphatic rings. The summed E-state index contributed by atoms with van der Waals surface area (Å²) in [5, 5.41) is 3.13. The molecule has 2 nitrogen and oxygen atoms in total. The normalized spacial score (nSPS) is 13.9. The number of hydrogen-bond acceptors (Lipinski definition) is 2. The molecule has 1 rings (SSSR count). The van der Waals surface area contributed by atoms with Crippen molar-refractivity contribution in [3.05, 3.63) is 35.4 Å². The molecule has 0 saturated heterocycles. The highest BCUT2D eigenvalue weighted by Crippen LogP contribution is 2.32. The first kappa shape index (κ1) is 16.1. The van der Waals surface area contributed by atoms with E-state index in [1.165, 1.54) is 0 Å². The van der Waals surface area contributed by atoms with Crippen LogP contribution in [0.1, 0.15) is 39.3 Å². The van der Waals surface area contributed by atoms with E-state index >= 15 is 0 Å².